The second-order valence-corrected chi connectivity index (χ2v) is 6.92. The van der Waals surface area contributed by atoms with Gasteiger partial charge in [-0.15, -0.1) is 0 Å². The first-order valence-corrected chi connectivity index (χ1v) is 9.08. The molecule has 0 bridgehead atoms. The maximum atomic E-state index is 12.8. The van der Waals surface area contributed by atoms with Gasteiger partial charge in [-0.2, -0.15) is 0 Å². The van der Waals surface area contributed by atoms with Crippen molar-refractivity contribution in [3.8, 4) is 0 Å². The summed E-state index contributed by atoms with van der Waals surface area (Å²) in [5.74, 6) is -0.278. The highest BCUT2D eigenvalue weighted by atomic mass is 35.5. The Balaban J connectivity index is 1.90. The highest BCUT2D eigenvalue weighted by Crippen LogP contribution is 2.28. The lowest BCUT2D eigenvalue weighted by molar-refractivity contribution is -0.112. The summed E-state index contributed by atoms with van der Waals surface area (Å²) in [6, 6.07) is 22.3. The first kappa shape index (κ1) is 17.5. The SMILES string of the molecule is O=C1Nc2ccc(Cl)cc2C(c2ccccc2)=N/C1=C/c1ccc(Cl)cc1. The Hall–Kier alpha value is -2.88. The standard InChI is InChI=1S/C22H14Cl2N2O/c23-16-8-6-14(7-9-16)12-20-22(27)26-19-11-10-17(24)13-18(19)21(25-20)15-4-2-1-3-5-15/h1-13H,(H,26,27)/b20-12+. The number of aliphatic imine (C=N–C) groups is 1. The van der Waals surface area contributed by atoms with Crippen molar-refractivity contribution in [2.24, 2.45) is 4.99 Å². The lowest BCUT2D eigenvalue weighted by atomic mass is 10.0. The smallest absolute Gasteiger partial charge is 0.274 e. The second-order valence-electron chi connectivity index (χ2n) is 6.05. The summed E-state index contributed by atoms with van der Waals surface area (Å²) in [6.45, 7) is 0. The van der Waals surface area contributed by atoms with Gasteiger partial charge in [0.15, 0.2) is 0 Å². The number of carbonyl (C=O) groups excluding carboxylic acids is 1. The number of benzene rings is 3. The van der Waals surface area contributed by atoms with Crippen molar-refractivity contribution in [1.82, 2.24) is 0 Å². The molecule has 0 saturated carbocycles. The number of nitrogens with zero attached hydrogens (tertiary/aromatic N) is 1. The van der Waals surface area contributed by atoms with Crippen LogP contribution in [0.3, 0.4) is 0 Å². The lowest BCUT2D eigenvalue weighted by Gasteiger charge is -2.10. The van der Waals surface area contributed by atoms with Crippen LogP contribution in [0.2, 0.25) is 10.0 Å². The van der Waals surface area contributed by atoms with E-state index in [2.05, 4.69) is 5.32 Å². The van der Waals surface area contributed by atoms with Crippen molar-refractivity contribution in [3.05, 3.63) is 105 Å². The van der Waals surface area contributed by atoms with Crippen molar-refractivity contribution >= 4 is 46.6 Å². The van der Waals surface area contributed by atoms with Gasteiger partial charge in [0.05, 0.1) is 11.4 Å². The van der Waals surface area contributed by atoms with Crippen molar-refractivity contribution in [3.63, 3.8) is 0 Å². The molecule has 27 heavy (non-hydrogen) atoms. The molecule has 0 aromatic heterocycles. The molecule has 0 atom stereocenters. The largest absolute Gasteiger partial charge is 0.320 e. The van der Waals surface area contributed by atoms with Gasteiger partial charge in [0.1, 0.15) is 5.70 Å². The molecule has 0 fully saturated rings. The number of nitrogens with one attached hydrogen (secondary N) is 1. The summed E-state index contributed by atoms with van der Waals surface area (Å²) >= 11 is 12.2. The van der Waals surface area contributed by atoms with Gasteiger partial charge in [0.25, 0.3) is 5.91 Å². The van der Waals surface area contributed by atoms with Crippen LogP contribution in [0, 0.1) is 0 Å². The first-order valence-electron chi connectivity index (χ1n) is 8.33. The Bertz CT molecular complexity index is 1070. The maximum Gasteiger partial charge on any atom is 0.274 e. The molecule has 1 aliphatic rings. The predicted molar refractivity (Wildman–Crippen MR) is 112 cm³/mol. The van der Waals surface area contributed by atoms with Crippen LogP contribution in [-0.4, -0.2) is 11.6 Å². The summed E-state index contributed by atoms with van der Waals surface area (Å²) in [5.41, 5.74) is 4.19. The number of rotatable bonds is 2. The van der Waals surface area contributed by atoms with E-state index in [4.69, 9.17) is 28.2 Å². The number of halogens is 2. The van der Waals surface area contributed by atoms with Crippen molar-refractivity contribution in [2.45, 2.75) is 0 Å². The Morgan fingerprint density at radius 1 is 0.852 bits per heavy atom. The summed E-state index contributed by atoms with van der Waals surface area (Å²) < 4.78 is 0. The third-order valence-corrected chi connectivity index (χ3v) is 4.66. The lowest BCUT2D eigenvalue weighted by Crippen LogP contribution is -2.12. The quantitative estimate of drug-likeness (QED) is 0.548. The fourth-order valence-electron chi connectivity index (χ4n) is 2.87. The normalized spacial score (nSPS) is 15.0. The first-order chi connectivity index (χ1) is 13.1. The van der Waals surface area contributed by atoms with Gasteiger partial charge in [0, 0.05) is 21.2 Å². The number of hydrogen-bond donors (Lipinski definition) is 1. The Kier molecular flexibility index (Phi) is 4.80. The fourth-order valence-corrected chi connectivity index (χ4v) is 3.17. The Labute approximate surface area is 167 Å². The zero-order chi connectivity index (χ0) is 18.8. The van der Waals surface area contributed by atoms with Crippen molar-refractivity contribution in [1.29, 1.82) is 0 Å². The third kappa shape index (κ3) is 3.80. The molecule has 3 nitrogen and oxygen atoms in total. The van der Waals surface area contributed by atoms with E-state index in [0.717, 1.165) is 16.7 Å². The molecule has 4 rings (SSSR count). The molecule has 0 spiro atoms. The van der Waals surface area contributed by atoms with E-state index in [0.29, 0.717) is 27.1 Å². The zero-order valence-electron chi connectivity index (χ0n) is 14.1. The van der Waals surface area contributed by atoms with Crippen LogP contribution in [0.1, 0.15) is 16.7 Å². The highest BCUT2D eigenvalue weighted by Gasteiger charge is 2.21. The van der Waals surface area contributed by atoms with Crippen LogP contribution >= 0.6 is 23.2 Å². The summed E-state index contributed by atoms with van der Waals surface area (Å²) in [6.07, 6.45) is 1.74. The number of carbonyl (C=O) groups is 1. The van der Waals surface area contributed by atoms with Crippen LogP contribution in [0.15, 0.2) is 83.5 Å². The van der Waals surface area contributed by atoms with Crippen LogP contribution in [-0.2, 0) is 4.79 Å². The molecule has 5 heteroatoms. The average Bonchev–Trinajstić information content (AvgIpc) is 2.81. The summed E-state index contributed by atoms with van der Waals surface area (Å²) in [5, 5.41) is 4.14. The van der Waals surface area contributed by atoms with E-state index < -0.39 is 0 Å². The van der Waals surface area contributed by atoms with Crippen LogP contribution in [0.4, 0.5) is 5.69 Å². The maximum absolute atomic E-state index is 12.8. The Morgan fingerprint density at radius 3 is 2.30 bits per heavy atom. The molecular weight excluding hydrogens is 379 g/mol. The minimum Gasteiger partial charge on any atom is -0.320 e. The van der Waals surface area contributed by atoms with E-state index in [1.807, 2.05) is 48.5 Å². The third-order valence-electron chi connectivity index (χ3n) is 4.17. The molecule has 1 N–H and O–H groups in total. The molecule has 1 amide bonds. The minimum atomic E-state index is -0.278. The van der Waals surface area contributed by atoms with Crippen LogP contribution in [0.5, 0.6) is 0 Å². The number of amides is 1. The van der Waals surface area contributed by atoms with E-state index in [1.165, 1.54) is 0 Å². The Morgan fingerprint density at radius 2 is 1.56 bits per heavy atom. The second kappa shape index (κ2) is 7.39. The molecule has 132 valence electrons. The molecule has 3 aromatic rings. The zero-order valence-corrected chi connectivity index (χ0v) is 15.6. The van der Waals surface area contributed by atoms with Crippen LogP contribution in [0.25, 0.3) is 6.08 Å². The topological polar surface area (TPSA) is 41.5 Å². The average molecular weight is 393 g/mol. The van der Waals surface area contributed by atoms with Crippen molar-refractivity contribution in [2.75, 3.05) is 5.32 Å². The molecule has 0 radical (unpaired) electrons. The van der Waals surface area contributed by atoms with Gasteiger partial charge in [-0.05, 0) is 42.0 Å². The van der Waals surface area contributed by atoms with Crippen molar-refractivity contribution < 1.29 is 4.79 Å². The van der Waals surface area contributed by atoms with Gasteiger partial charge in [-0.3, -0.25) is 4.79 Å². The molecule has 0 unspecified atom stereocenters. The summed E-state index contributed by atoms with van der Waals surface area (Å²) in [4.78, 5) is 17.5. The van der Waals surface area contributed by atoms with Gasteiger partial charge in [-0.25, -0.2) is 4.99 Å². The molecule has 1 aliphatic heterocycles. The number of anilines is 1. The highest BCUT2D eigenvalue weighted by molar-refractivity contribution is 6.32. The predicted octanol–water partition coefficient (Wildman–Crippen LogP) is 5.82. The summed E-state index contributed by atoms with van der Waals surface area (Å²) in [7, 11) is 0. The molecule has 3 aromatic carbocycles. The minimum absolute atomic E-state index is 0.278. The van der Waals surface area contributed by atoms with Gasteiger partial charge < -0.3 is 5.32 Å². The molecule has 0 aliphatic carbocycles. The van der Waals surface area contributed by atoms with E-state index in [9.17, 15) is 4.79 Å². The van der Waals surface area contributed by atoms with E-state index >= 15 is 0 Å². The number of benzodiazepines with no additional fused rings is 1. The molecule has 0 saturated heterocycles. The van der Waals surface area contributed by atoms with Gasteiger partial charge in [0.2, 0.25) is 0 Å². The number of hydrogen-bond acceptors (Lipinski definition) is 2. The molecule has 1 heterocycles. The van der Waals surface area contributed by atoms with E-state index in [-0.39, 0.29) is 5.91 Å². The molecular formula is C22H14Cl2N2O. The number of fused-ring (bicyclic) bond motifs is 1. The van der Waals surface area contributed by atoms with Crippen LogP contribution < -0.4 is 5.32 Å². The fraction of sp³-hybridized carbons (Fsp3) is 0. The monoisotopic (exact) mass is 392 g/mol. The van der Waals surface area contributed by atoms with Gasteiger partial charge in [-0.1, -0.05) is 65.7 Å². The van der Waals surface area contributed by atoms with E-state index in [1.54, 1.807) is 30.3 Å². The van der Waals surface area contributed by atoms with Gasteiger partial charge >= 0.3 is 0 Å².